The van der Waals surface area contributed by atoms with Gasteiger partial charge in [-0.25, -0.2) is 0 Å². The van der Waals surface area contributed by atoms with E-state index in [4.69, 9.17) is 0 Å². The van der Waals surface area contributed by atoms with Gasteiger partial charge in [0.05, 0.1) is 0 Å². The Labute approximate surface area is 123 Å². The van der Waals surface area contributed by atoms with Gasteiger partial charge in [0.1, 0.15) is 0 Å². The average Bonchev–Trinajstić information content (AvgIpc) is 3.01. The third kappa shape index (κ3) is 2.84. The van der Waals surface area contributed by atoms with E-state index in [2.05, 4.69) is 53.2 Å². The van der Waals surface area contributed by atoms with Crippen molar-refractivity contribution < 1.29 is 0 Å². The molecule has 110 valence electrons. The van der Waals surface area contributed by atoms with Gasteiger partial charge < -0.3 is 10.2 Å². The molecule has 2 aliphatic rings. The van der Waals surface area contributed by atoms with Crippen molar-refractivity contribution in [2.24, 2.45) is 0 Å². The Morgan fingerprint density at radius 1 is 1.10 bits per heavy atom. The minimum absolute atomic E-state index is 0.673. The third-order valence-corrected chi connectivity index (χ3v) is 4.82. The molecular weight excluding hydrogens is 246 g/mol. The molecule has 2 aliphatic heterocycles. The summed E-state index contributed by atoms with van der Waals surface area (Å²) in [6.45, 7) is 11.6. The number of para-hydroxylation sites is 1. The van der Waals surface area contributed by atoms with Gasteiger partial charge in [0, 0.05) is 44.5 Å². The summed E-state index contributed by atoms with van der Waals surface area (Å²) in [6.07, 6.45) is 1.28. The molecule has 2 saturated heterocycles. The number of nitrogens with zero attached hydrogens (tertiary/aromatic N) is 2. The Balaban J connectivity index is 1.74. The van der Waals surface area contributed by atoms with Crippen LogP contribution < -0.4 is 10.2 Å². The largest absolute Gasteiger partial charge is 0.369 e. The summed E-state index contributed by atoms with van der Waals surface area (Å²) in [5.74, 6) is 0.703. The fourth-order valence-corrected chi connectivity index (χ4v) is 3.52. The van der Waals surface area contributed by atoms with Crippen LogP contribution in [-0.2, 0) is 0 Å². The lowest BCUT2D eigenvalue weighted by Gasteiger charge is -2.39. The van der Waals surface area contributed by atoms with Crippen LogP contribution in [0.2, 0.25) is 0 Å². The molecule has 1 aromatic rings. The number of benzene rings is 1. The number of anilines is 1. The van der Waals surface area contributed by atoms with E-state index in [9.17, 15) is 0 Å². The van der Waals surface area contributed by atoms with Crippen molar-refractivity contribution >= 4 is 5.69 Å². The molecule has 0 aliphatic carbocycles. The molecular formula is C17H27N3. The SMILES string of the molecule is CC(C)N1CCN(c2ccccc2C2CCNC2)CC1. The molecule has 0 amide bonds. The van der Waals surface area contributed by atoms with Gasteiger partial charge in [0.25, 0.3) is 0 Å². The molecule has 0 saturated carbocycles. The predicted octanol–water partition coefficient (Wildman–Crippen LogP) is 2.29. The molecule has 3 rings (SSSR count). The van der Waals surface area contributed by atoms with Crippen LogP contribution in [0.5, 0.6) is 0 Å². The van der Waals surface area contributed by atoms with Gasteiger partial charge >= 0.3 is 0 Å². The summed E-state index contributed by atoms with van der Waals surface area (Å²) in [5, 5.41) is 3.50. The monoisotopic (exact) mass is 273 g/mol. The van der Waals surface area contributed by atoms with Crippen LogP contribution >= 0.6 is 0 Å². The first kappa shape index (κ1) is 13.9. The molecule has 1 unspecified atom stereocenters. The summed E-state index contributed by atoms with van der Waals surface area (Å²) < 4.78 is 0. The fraction of sp³-hybridized carbons (Fsp3) is 0.647. The van der Waals surface area contributed by atoms with Gasteiger partial charge in [-0.2, -0.15) is 0 Å². The van der Waals surface area contributed by atoms with Crippen molar-refractivity contribution in [2.75, 3.05) is 44.2 Å². The standard InChI is InChI=1S/C17H27N3/c1-14(2)19-9-11-20(12-10-19)17-6-4-3-5-16(17)15-7-8-18-13-15/h3-6,14-15,18H,7-13H2,1-2H3. The third-order valence-electron chi connectivity index (χ3n) is 4.82. The van der Waals surface area contributed by atoms with E-state index in [1.165, 1.54) is 31.7 Å². The second-order valence-corrected chi connectivity index (χ2v) is 6.37. The minimum Gasteiger partial charge on any atom is -0.369 e. The molecule has 1 aromatic carbocycles. The highest BCUT2D eigenvalue weighted by molar-refractivity contribution is 5.56. The highest BCUT2D eigenvalue weighted by Crippen LogP contribution is 2.32. The summed E-state index contributed by atoms with van der Waals surface area (Å²) in [7, 11) is 0. The molecule has 0 radical (unpaired) electrons. The lowest BCUT2D eigenvalue weighted by atomic mass is 9.95. The highest BCUT2D eigenvalue weighted by atomic mass is 15.3. The van der Waals surface area contributed by atoms with E-state index in [1.54, 1.807) is 5.56 Å². The number of nitrogens with one attached hydrogen (secondary N) is 1. The van der Waals surface area contributed by atoms with E-state index < -0.39 is 0 Å². The summed E-state index contributed by atoms with van der Waals surface area (Å²) in [6, 6.07) is 9.71. The van der Waals surface area contributed by atoms with E-state index >= 15 is 0 Å². The molecule has 1 N–H and O–H groups in total. The van der Waals surface area contributed by atoms with Crippen LogP contribution in [0.25, 0.3) is 0 Å². The van der Waals surface area contributed by atoms with Crippen molar-refractivity contribution in [3.63, 3.8) is 0 Å². The lowest BCUT2D eigenvalue weighted by Crippen LogP contribution is -2.49. The number of hydrogen-bond acceptors (Lipinski definition) is 3. The molecule has 3 nitrogen and oxygen atoms in total. The Hall–Kier alpha value is -1.06. The molecule has 0 spiro atoms. The molecule has 20 heavy (non-hydrogen) atoms. The molecule has 2 heterocycles. The predicted molar refractivity (Wildman–Crippen MR) is 85.6 cm³/mol. The van der Waals surface area contributed by atoms with Gasteiger partial charge in [0.2, 0.25) is 0 Å². The topological polar surface area (TPSA) is 18.5 Å². The summed E-state index contributed by atoms with van der Waals surface area (Å²) in [5.41, 5.74) is 3.03. The Kier molecular flexibility index (Phi) is 4.27. The Morgan fingerprint density at radius 2 is 1.85 bits per heavy atom. The van der Waals surface area contributed by atoms with Crippen molar-refractivity contribution in [1.29, 1.82) is 0 Å². The Bertz CT molecular complexity index is 430. The smallest absolute Gasteiger partial charge is 0.0402 e. The van der Waals surface area contributed by atoms with E-state index in [0.29, 0.717) is 12.0 Å². The maximum atomic E-state index is 3.50. The second-order valence-electron chi connectivity index (χ2n) is 6.37. The van der Waals surface area contributed by atoms with Gasteiger partial charge in [-0.05, 0) is 44.4 Å². The average molecular weight is 273 g/mol. The second kappa shape index (κ2) is 6.15. The van der Waals surface area contributed by atoms with Crippen LogP contribution in [0.1, 0.15) is 31.7 Å². The van der Waals surface area contributed by atoms with Crippen molar-refractivity contribution in [1.82, 2.24) is 10.2 Å². The maximum Gasteiger partial charge on any atom is 0.0402 e. The van der Waals surface area contributed by atoms with Gasteiger partial charge in [-0.15, -0.1) is 0 Å². The lowest BCUT2D eigenvalue weighted by molar-refractivity contribution is 0.209. The fourth-order valence-electron chi connectivity index (χ4n) is 3.52. The molecule has 3 heteroatoms. The van der Waals surface area contributed by atoms with Crippen LogP contribution in [0.4, 0.5) is 5.69 Å². The molecule has 0 bridgehead atoms. The Morgan fingerprint density at radius 3 is 2.50 bits per heavy atom. The van der Waals surface area contributed by atoms with E-state index in [-0.39, 0.29) is 0 Å². The van der Waals surface area contributed by atoms with Crippen LogP contribution in [0, 0.1) is 0 Å². The van der Waals surface area contributed by atoms with Crippen LogP contribution in [0.15, 0.2) is 24.3 Å². The number of hydrogen-bond donors (Lipinski definition) is 1. The maximum absolute atomic E-state index is 3.50. The van der Waals surface area contributed by atoms with Crippen molar-refractivity contribution in [3.05, 3.63) is 29.8 Å². The molecule has 2 fully saturated rings. The number of rotatable bonds is 3. The van der Waals surface area contributed by atoms with Gasteiger partial charge in [-0.1, -0.05) is 18.2 Å². The van der Waals surface area contributed by atoms with Crippen LogP contribution in [-0.4, -0.2) is 50.2 Å². The summed E-state index contributed by atoms with van der Waals surface area (Å²) >= 11 is 0. The first-order valence-electron chi connectivity index (χ1n) is 8.04. The zero-order chi connectivity index (χ0) is 13.9. The van der Waals surface area contributed by atoms with E-state index in [0.717, 1.165) is 19.6 Å². The minimum atomic E-state index is 0.673. The highest BCUT2D eigenvalue weighted by Gasteiger charge is 2.24. The van der Waals surface area contributed by atoms with Crippen molar-refractivity contribution in [2.45, 2.75) is 32.2 Å². The zero-order valence-electron chi connectivity index (χ0n) is 12.8. The van der Waals surface area contributed by atoms with Crippen LogP contribution in [0.3, 0.4) is 0 Å². The number of piperazine rings is 1. The molecule has 1 atom stereocenters. The quantitative estimate of drug-likeness (QED) is 0.911. The first-order valence-corrected chi connectivity index (χ1v) is 8.04. The van der Waals surface area contributed by atoms with Gasteiger partial charge in [0.15, 0.2) is 0 Å². The van der Waals surface area contributed by atoms with E-state index in [1.807, 2.05) is 0 Å². The zero-order valence-corrected chi connectivity index (χ0v) is 12.8. The normalized spacial score (nSPS) is 24.6. The van der Waals surface area contributed by atoms with Crippen molar-refractivity contribution in [3.8, 4) is 0 Å². The van der Waals surface area contributed by atoms with Gasteiger partial charge in [-0.3, -0.25) is 4.90 Å². The summed E-state index contributed by atoms with van der Waals surface area (Å²) in [4.78, 5) is 5.17. The first-order chi connectivity index (χ1) is 9.75. The molecule has 0 aromatic heterocycles.